The van der Waals surface area contributed by atoms with Gasteiger partial charge in [0.25, 0.3) is 5.91 Å². The summed E-state index contributed by atoms with van der Waals surface area (Å²) in [6.45, 7) is 5.62. The van der Waals surface area contributed by atoms with Gasteiger partial charge in [-0.3, -0.25) is 4.79 Å². The van der Waals surface area contributed by atoms with E-state index in [1.165, 1.54) is 11.1 Å². The van der Waals surface area contributed by atoms with Gasteiger partial charge in [-0.25, -0.2) is 0 Å². The quantitative estimate of drug-likeness (QED) is 0.850. The molecule has 1 aliphatic rings. The Morgan fingerprint density at radius 3 is 1.86 bits per heavy atom. The van der Waals surface area contributed by atoms with Gasteiger partial charge >= 0.3 is 0 Å². The fourth-order valence-corrected chi connectivity index (χ4v) is 2.74. The molecule has 0 saturated carbocycles. The van der Waals surface area contributed by atoms with Gasteiger partial charge in [-0.15, -0.1) is 0 Å². The number of hydrogen-bond acceptors (Lipinski definition) is 2. The number of rotatable bonds is 2. The predicted molar refractivity (Wildman–Crippen MR) is 90.0 cm³/mol. The molecule has 1 aliphatic heterocycles. The molecular formula is C19H22N2O. The van der Waals surface area contributed by atoms with Crippen molar-refractivity contribution < 1.29 is 4.79 Å². The largest absolute Gasteiger partial charge is 0.336 e. The first kappa shape index (κ1) is 14.8. The van der Waals surface area contributed by atoms with Crippen LogP contribution >= 0.6 is 0 Å². The number of hydrogen-bond donors (Lipinski definition) is 0. The van der Waals surface area contributed by atoms with Gasteiger partial charge in [0.15, 0.2) is 0 Å². The van der Waals surface area contributed by atoms with Crippen molar-refractivity contribution in [2.75, 3.05) is 33.2 Å². The van der Waals surface area contributed by atoms with Crippen molar-refractivity contribution in [1.29, 1.82) is 0 Å². The van der Waals surface area contributed by atoms with Crippen LogP contribution in [-0.2, 0) is 0 Å². The first-order chi connectivity index (χ1) is 10.6. The molecule has 3 heteroatoms. The summed E-state index contributed by atoms with van der Waals surface area (Å²) in [6, 6.07) is 16.4. The molecule has 0 unspecified atom stereocenters. The summed E-state index contributed by atoms with van der Waals surface area (Å²) >= 11 is 0. The molecule has 0 spiro atoms. The van der Waals surface area contributed by atoms with E-state index in [1.807, 2.05) is 29.2 Å². The minimum Gasteiger partial charge on any atom is -0.336 e. The minimum atomic E-state index is 0.142. The summed E-state index contributed by atoms with van der Waals surface area (Å²) in [5.41, 5.74) is 4.37. The summed E-state index contributed by atoms with van der Waals surface area (Å²) in [5.74, 6) is 0.142. The van der Waals surface area contributed by atoms with Crippen LogP contribution in [0, 0.1) is 6.92 Å². The highest BCUT2D eigenvalue weighted by Crippen LogP contribution is 2.21. The average Bonchev–Trinajstić information content (AvgIpc) is 2.56. The van der Waals surface area contributed by atoms with E-state index in [0.717, 1.165) is 37.3 Å². The Balaban J connectivity index is 1.73. The van der Waals surface area contributed by atoms with Gasteiger partial charge < -0.3 is 9.80 Å². The monoisotopic (exact) mass is 294 g/mol. The third-order valence-corrected chi connectivity index (χ3v) is 4.31. The lowest BCUT2D eigenvalue weighted by Gasteiger charge is -2.32. The van der Waals surface area contributed by atoms with Crippen LogP contribution in [0.25, 0.3) is 11.1 Å². The van der Waals surface area contributed by atoms with E-state index < -0.39 is 0 Å². The lowest BCUT2D eigenvalue weighted by molar-refractivity contribution is 0.0664. The zero-order chi connectivity index (χ0) is 15.5. The van der Waals surface area contributed by atoms with Gasteiger partial charge in [0, 0.05) is 31.7 Å². The van der Waals surface area contributed by atoms with E-state index in [9.17, 15) is 4.79 Å². The zero-order valence-corrected chi connectivity index (χ0v) is 13.2. The van der Waals surface area contributed by atoms with Crippen LogP contribution in [0.4, 0.5) is 0 Å². The van der Waals surface area contributed by atoms with E-state index in [-0.39, 0.29) is 5.91 Å². The molecule has 1 heterocycles. The Labute approximate surface area is 132 Å². The highest BCUT2D eigenvalue weighted by molar-refractivity contribution is 5.94. The first-order valence-electron chi connectivity index (χ1n) is 7.78. The smallest absolute Gasteiger partial charge is 0.253 e. The Morgan fingerprint density at radius 2 is 1.32 bits per heavy atom. The lowest BCUT2D eigenvalue weighted by Crippen LogP contribution is -2.47. The van der Waals surface area contributed by atoms with E-state index in [2.05, 4.69) is 43.1 Å². The number of aryl methyl sites for hydroxylation is 1. The SMILES string of the molecule is Cc1ccc(-c2ccc(C(=O)N3CCN(C)CC3)cc2)cc1. The van der Waals surface area contributed by atoms with Crippen molar-refractivity contribution in [3.8, 4) is 11.1 Å². The number of benzene rings is 2. The fourth-order valence-electron chi connectivity index (χ4n) is 2.74. The highest BCUT2D eigenvalue weighted by Gasteiger charge is 2.20. The average molecular weight is 294 g/mol. The van der Waals surface area contributed by atoms with Crippen molar-refractivity contribution in [1.82, 2.24) is 9.80 Å². The van der Waals surface area contributed by atoms with Crippen LogP contribution < -0.4 is 0 Å². The van der Waals surface area contributed by atoms with Gasteiger partial charge in [-0.1, -0.05) is 42.0 Å². The summed E-state index contributed by atoms with van der Waals surface area (Å²) < 4.78 is 0. The van der Waals surface area contributed by atoms with E-state index in [1.54, 1.807) is 0 Å². The molecule has 0 bridgehead atoms. The van der Waals surface area contributed by atoms with Crippen LogP contribution in [-0.4, -0.2) is 48.9 Å². The second-order valence-corrected chi connectivity index (χ2v) is 6.04. The standard InChI is InChI=1S/C19H22N2O/c1-15-3-5-16(6-4-15)17-7-9-18(10-8-17)19(22)21-13-11-20(2)12-14-21/h3-10H,11-14H2,1-2H3. The first-order valence-corrected chi connectivity index (χ1v) is 7.78. The van der Waals surface area contributed by atoms with Gasteiger partial charge in [0.1, 0.15) is 0 Å². The van der Waals surface area contributed by atoms with Gasteiger partial charge in [0.05, 0.1) is 0 Å². The molecule has 2 aromatic carbocycles. The molecule has 2 aromatic rings. The number of nitrogens with zero attached hydrogens (tertiary/aromatic N) is 2. The van der Waals surface area contributed by atoms with Crippen molar-refractivity contribution >= 4 is 5.91 Å². The maximum atomic E-state index is 12.5. The number of likely N-dealkylation sites (N-methyl/N-ethyl adjacent to an activating group) is 1. The Kier molecular flexibility index (Phi) is 4.25. The van der Waals surface area contributed by atoms with Crippen molar-refractivity contribution in [3.05, 3.63) is 59.7 Å². The summed E-state index contributed by atoms with van der Waals surface area (Å²) in [7, 11) is 2.10. The molecule has 0 radical (unpaired) electrons. The Morgan fingerprint density at radius 1 is 0.818 bits per heavy atom. The van der Waals surface area contributed by atoms with Crippen molar-refractivity contribution in [3.63, 3.8) is 0 Å². The Bertz CT molecular complexity index is 638. The summed E-state index contributed by atoms with van der Waals surface area (Å²) in [4.78, 5) is 16.7. The highest BCUT2D eigenvalue weighted by atomic mass is 16.2. The molecule has 1 fully saturated rings. The van der Waals surface area contributed by atoms with E-state index in [0.29, 0.717) is 0 Å². The lowest BCUT2D eigenvalue weighted by atomic mass is 10.0. The van der Waals surface area contributed by atoms with E-state index >= 15 is 0 Å². The van der Waals surface area contributed by atoms with Crippen LogP contribution in [0.1, 0.15) is 15.9 Å². The third kappa shape index (κ3) is 3.20. The van der Waals surface area contributed by atoms with Gasteiger partial charge in [-0.05, 0) is 37.2 Å². The minimum absolute atomic E-state index is 0.142. The summed E-state index contributed by atoms with van der Waals surface area (Å²) in [6.07, 6.45) is 0. The van der Waals surface area contributed by atoms with Gasteiger partial charge in [-0.2, -0.15) is 0 Å². The molecule has 3 nitrogen and oxygen atoms in total. The van der Waals surface area contributed by atoms with Crippen molar-refractivity contribution in [2.24, 2.45) is 0 Å². The zero-order valence-electron chi connectivity index (χ0n) is 13.2. The molecule has 114 valence electrons. The maximum Gasteiger partial charge on any atom is 0.253 e. The van der Waals surface area contributed by atoms with Gasteiger partial charge in [0.2, 0.25) is 0 Å². The predicted octanol–water partition coefficient (Wildman–Crippen LogP) is 3.05. The van der Waals surface area contributed by atoms with Crippen LogP contribution in [0.3, 0.4) is 0 Å². The molecule has 0 N–H and O–H groups in total. The Hall–Kier alpha value is -2.13. The topological polar surface area (TPSA) is 23.6 Å². The molecule has 22 heavy (non-hydrogen) atoms. The molecule has 3 rings (SSSR count). The van der Waals surface area contributed by atoms with E-state index in [4.69, 9.17) is 0 Å². The molecular weight excluding hydrogens is 272 g/mol. The van der Waals surface area contributed by atoms with Crippen LogP contribution in [0.2, 0.25) is 0 Å². The number of carbonyl (C=O) groups is 1. The molecule has 0 aromatic heterocycles. The van der Waals surface area contributed by atoms with Crippen molar-refractivity contribution in [2.45, 2.75) is 6.92 Å². The number of piperazine rings is 1. The third-order valence-electron chi connectivity index (χ3n) is 4.31. The number of carbonyl (C=O) groups excluding carboxylic acids is 1. The molecule has 0 aliphatic carbocycles. The molecule has 0 atom stereocenters. The molecule has 1 saturated heterocycles. The maximum absolute atomic E-state index is 12.5. The normalized spacial score (nSPS) is 15.8. The fraction of sp³-hybridized carbons (Fsp3) is 0.316. The second-order valence-electron chi connectivity index (χ2n) is 6.04. The number of amides is 1. The summed E-state index contributed by atoms with van der Waals surface area (Å²) in [5, 5.41) is 0. The van der Waals surface area contributed by atoms with Crippen LogP contribution in [0.5, 0.6) is 0 Å². The molecule has 1 amide bonds. The van der Waals surface area contributed by atoms with Crippen LogP contribution in [0.15, 0.2) is 48.5 Å². The second kappa shape index (κ2) is 6.32.